The maximum atomic E-state index is 11.9. The van der Waals surface area contributed by atoms with E-state index in [0.29, 0.717) is 13.0 Å². The number of rotatable bonds is 8. The fraction of sp³-hybridized carbons (Fsp3) is 0.652. The first-order valence-electron chi connectivity index (χ1n) is 10.7. The van der Waals surface area contributed by atoms with E-state index in [9.17, 15) is 4.79 Å². The number of hydrogen-bond donors (Lipinski definition) is 0. The molecule has 0 spiro atoms. The van der Waals surface area contributed by atoms with Crippen LogP contribution in [0.3, 0.4) is 0 Å². The lowest BCUT2D eigenvalue weighted by atomic mass is 9.89. The van der Waals surface area contributed by atoms with E-state index >= 15 is 0 Å². The van der Waals surface area contributed by atoms with E-state index in [2.05, 4.69) is 45.0 Å². The molecule has 3 rings (SSSR count). The summed E-state index contributed by atoms with van der Waals surface area (Å²) in [6, 6.07) is 4.14. The van der Waals surface area contributed by atoms with Gasteiger partial charge in [-0.2, -0.15) is 0 Å². The maximum Gasteiger partial charge on any atom is 0.222 e. The van der Waals surface area contributed by atoms with Gasteiger partial charge in [0, 0.05) is 30.5 Å². The Balaban J connectivity index is 1.68. The number of benzene rings is 1. The van der Waals surface area contributed by atoms with Gasteiger partial charge in [0.2, 0.25) is 5.91 Å². The standard InChI is InChI=1S/C23H34N2O3/c1-5-9-18-20(27-15-8-14-25-13-7-6-10-21(25)26)12-11-17-19(16-23(2,3)4)24-28-22(17)18/h11-12H,5-10,13-16H2,1-4H3. The third-order valence-electron chi connectivity index (χ3n) is 5.22. The van der Waals surface area contributed by atoms with Crippen LogP contribution in [0.2, 0.25) is 0 Å². The second-order valence-electron chi connectivity index (χ2n) is 9.08. The van der Waals surface area contributed by atoms with E-state index in [1.807, 2.05) is 4.90 Å². The van der Waals surface area contributed by atoms with Gasteiger partial charge in [0.15, 0.2) is 5.58 Å². The molecule has 2 aromatic rings. The summed E-state index contributed by atoms with van der Waals surface area (Å²) < 4.78 is 11.9. The molecule has 1 fully saturated rings. The molecule has 1 aliphatic rings. The SMILES string of the molecule is CCCc1c(OCCCN2CCCCC2=O)ccc2c(CC(C)(C)C)noc12. The lowest BCUT2D eigenvalue weighted by Crippen LogP contribution is -2.36. The summed E-state index contributed by atoms with van der Waals surface area (Å²) in [5.41, 5.74) is 3.16. The Morgan fingerprint density at radius 1 is 1.25 bits per heavy atom. The molecule has 154 valence electrons. The van der Waals surface area contributed by atoms with Gasteiger partial charge < -0.3 is 14.2 Å². The smallest absolute Gasteiger partial charge is 0.222 e. The predicted molar refractivity (Wildman–Crippen MR) is 112 cm³/mol. The van der Waals surface area contributed by atoms with Crippen molar-refractivity contribution in [2.24, 2.45) is 5.41 Å². The van der Waals surface area contributed by atoms with Gasteiger partial charge >= 0.3 is 0 Å². The van der Waals surface area contributed by atoms with Gasteiger partial charge in [0.25, 0.3) is 0 Å². The Morgan fingerprint density at radius 3 is 2.79 bits per heavy atom. The highest BCUT2D eigenvalue weighted by atomic mass is 16.5. The Labute approximate surface area is 168 Å². The molecule has 2 heterocycles. The summed E-state index contributed by atoms with van der Waals surface area (Å²) >= 11 is 0. The minimum Gasteiger partial charge on any atom is -0.493 e. The number of fused-ring (bicyclic) bond motifs is 1. The second-order valence-corrected chi connectivity index (χ2v) is 9.08. The summed E-state index contributed by atoms with van der Waals surface area (Å²) in [6.45, 7) is 11.1. The third kappa shape index (κ3) is 5.06. The number of nitrogens with zero attached hydrogens (tertiary/aromatic N) is 2. The zero-order valence-corrected chi connectivity index (χ0v) is 17.8. The molecule has 5 nitrogen and oxygen atoms in total. The van der Waals surface area contributed by atoms with Gasteiger partial charge in [-0.25, -0.2) is 0 Å². The van der Waals surface area contributed by atoms with Crippen LogP contribution in [-0.2, 0) is 17.6 Å². The molecule has 0 bridgehead atoms. The molecule has 0 atom stereocenters. The van der Waals surface area contributed by atoms with Gasteiger partial charge in [0.1, 0.15) is 5.75 Å². The second kappa shape index (κ2) is 8.97. The average Bonchev–Trinajstić information content (AvgIpc) is 3.03. The van der Waals surface area contributed by atoms with Gasteiger partial charge in [0.05, 0.1) is 12.3 Å². The van der Waals surface area contributed by atoms with Crippen LogP contribution < -0.4 is 4.74 Å². The van der Waals surface area contributed by atoms with Crippen LogP contribution in [0.15, 0.2) is 16.7 Å². The highest BCUT2D eigenvalue weighted by Gasteiger charge is 2.21. The number of carbonyl (C=O) groups excluding carboxylic acids is 1. The van der Waals surface area contributed by atoms with Crippen LogP contribution in [0, 0.1) is 5.41 Å². The summed E-state index contributed by atoms with van der Waals surface area (Å²) in [5, 5.41) is 5.46. The van der Waals surface area contributed by atoms with Gasteiger partial charge in [-0.05, 0) is 49.7 Å². The number of likely N-dealkylation sites (tertiary alicyclic amines) is 1. The van der Waals surface area contributed by atoms with E-state index in [1.165, 1.54) is 0 Å². The molecule has 28 heavy (non-hydrogen) atoms. The average molecular weight is 387 g/mol. The van der Waals surface area contributed by atoms with E-state index in [1.54, 1.807) is 0 Å². The van der Waals surface area contributed by atoms with Crippen LogP contribution in [0.5, 0.6) is 5.75 Å². The minimum absolute atomic E-state index is 0.162. The third-order valence-corrected chi connectivity index (χ3v) is 5.22. The summed E-state index contributed by atoms with van der Waals surface area (Å²) in [6.07, 6.45) is 6.50. The molecule has 5 heteroatoms. The zero-order valence-electron chi connectivity index (χ0n) is 17.8. The molecule has 1 saturated heterocycles. The normalized spacial score (nSPS) is 15.4. The molecule has 1 aromatic carbocycles. The first-order valence-corrected chi connectivity index (χ1v) is 10.7. The summed E-state index contributed by atoms with van der Waals surface area (Å²) in [4.78, 5) is 13.9. The van der Waals surface area contributed by atoms with Crippen molar-refractivity contribution in [1.29, 1.82) is 0 Å². The first kappa shape index (κ1) is 20.7. The molecule has 0 aliphatic carbocycles. The fourth-order valence-electron chi connectivity index (χ4n) is 3.88. The lowest BCUT2D eigenvalue weighted by molar-refractivity contribution is -0.133. The van der Waals surface area contributed by atoms with Crippen LogP contribution >= 0.6 is 0 Å². The van der Waals surface area contributed by atoms with Crippen LogP contribution in [0.4, 0.5) is 0 Å². The Morgan fingerprint density at radius 2 is 2.07 bits per heavy atom. The van der Waals surface area contributed by atoms with Crippen molar-refractivity contribution in [3.05, 3.63) is 23.4 Å². The van der Waals surface area contributed by atoms with Crippen LogP contribution in [0.25, 0.3) is 11.0 Å². The zero-order chi connectivity index (χ0) is 20.1. The molecule has 0 radical (unpaired) electrons. The number of carbonyl (C=O) groups is 1. The molecule has 1 amide bonds. The summed E-state index contributed by atoms with van der Waals surface area (Å²) in [7, 11) is 0. The molecule has 0 unspecified atom stereocenters. The Kier molecular flexibility index (Phi) is 6.63. The van der Waals surface area contributed by atoms with Crippen LogP contribution in [0.1, 0.15) is 71.1 Å². The van der Waals surface area contributed by atoms with Crippen molar-refractivity contribution in [3.8, 4) is 5.75 Å². The molecular weight excluding hydrogens is 352 g/mol. The van der Waals surface area contributed by atoms with Gasteiger partial charge in [-0.1, -0.05) is 39.3 Å². The van der Waals surface area contributed by atoms with E-state index in [4.69, 9.17) is 9.26 Å². The van der Waals surface area contributed by atoms with E-state index in [-0.39, 0.29) is 11.3 Å². The first-order chi connectivity index (χ1) is 13.4. The Bertz CT molecular complexity index is 804. The van der Waals surface area contributed by atoms with Crippen molar-refractivity contribution in [3.63, 3.8) is 0 Å². The summed E-state index contributed by atoms with van der Waals surface area (Å²) in [5.74, 6) is 1.17. The van der Waals surface area contributed by atoms with E-state index < -0.39 is 0 Å². The quantitative estimate of drug-likeness (QED) is 0.589. The fourth-order valence-corrected chi connectivity index (χ4v) is 3.88. The van der Waals surface area contributed by atoms with Crippen molar-refractivity contribution in [2.75, 3.05) is 19.7 Å². The molecule has 0 saturated carbocycles. The number of amides is 1. The lowest BCUT2D eigenvalue weighted by Gasteiger charge is -2.26. The number of aryl methyl sites for hydroxylation is 1. The van der Waals surface area contributed by atoms with Crippen LogP contribution in [-0.4, -0.2) is 35.7 Å². The minimum atomic E-state index is 0.162. The van der Waals surface area contributed by atoms with Crippen molar-refractivity contribution >= 4 is 16.9 Å². The number of piperidine rings is 1. The molecule has 0 N–H and O–H groups in total. The largest absolute Gasteiger partial charge is 0.493 e. The number of hydrogen-bond acceptors (Lipinski definition) is 4. The number of ether oxygens (including phenoxy) is 1. The highest BCUT2D eigenvalue weighted by molar-refractivity contribution is 5.84. The van der Waals surface area contributed by atoms with Gasteiger partial charge in [-0.15, -0.1) is 0 Å². The molecule has 1 aromatic heterocycles. The maximum absolute atomic E-state index is 11.9. The number of aromatic nitrogens is 1. The highest BCUT2D eigenvalue weighted by Crippen LogP contribution is 2.33. The van der Waals surface area contributed by atoms with Crippen molar-refractivity contribution < 1.29 is 14.1 Å². The monoisotopic (exact) mass is 386 g/mol. The van der Waals surface area contributed by atoms with Crippen molar-refractivity contribution in [2.45, 2.75) is 72.6 Å². The molecular formula is C23H34N2O3. The molecule has 1 aliphatic heterocycles. The Hall–Kier alpha value is -2.04. The topological polar surface area (TPSA) is 55.6 Å². The van der Waals surface area contributed by atoms with Gasteiger partial charge in [-0.3, -0.25) is 4.79 Å². The van der Waals surface area contributed by atoms with E-state index in [0.717, 1.165) is 79.6 Å². The predicted octanol–water partition coefficient (Wildman–Crippen LogP) is 5.15. The van der Waals surface area contributed by atoms with Crippen molar-refractivity contribution in [1.82, 2.24) is 10.1 Å².